The average Bonchev–Trinajstić information content (AvgIpc) is 2.05. The van der Waals surface area contributed by atoms with Gasteiger partial charge in [0.2, 0.25) is 0 Å². The van der Waals surface area contributed by atoms with E-state index in [4.69, 9.17) is 0 Å². The van der Waals surface area contributed by atoms with Crippen molar-refractivity contribution in [2.75, 3.05) is 0 Å². The Morgan fingerprint density at radius 3 is 1.00 bits per heavy atom. The van der Waals surface area contributed by atoms with Crippen LogP contribution in [0.1, 0.15) is 0 Å². The van der Waals surface area contributed by atoms with Gasteiger partial charge in [0.25, 0.3) is 0 Å². The first-order valence-electron chi connectivity index (χ1n) is 4.72. The number of fused-ring (bicyclic) bond motifs is 2. The minimum absolute atomic E-state index is 0.506. The zero-order valence-corrected chi connectivity index (χ0v) is 18.4. The minimum atomic E-state index is -0.552. The van der Waals surface area contributed by atoms with Gasteiger partial charge < -0.3 is 0 Å². The Morgan fingerprint density at radius 2 is 0.846 bits per heavy atom. The Labute approximate surface area is 101 Å². The van der Waals surface area contributed by atoms with E-state index in [9.17, 15) is 0 Å². The Morgan fingerprint density at radius 1 is 0.538 bits per heavy atom. The Bertz CT molecular complexity index is 235. The molecule has 0 aromatic carbocycles. The molecule has 2 rings (SSSR count). The summed E-state index contributed by atoms with van der Waals surface area (Å²) in [6, 6.07) is 0. The van der Waals surface area contributed by atoms with E-state index in [1.54, 1.807) is 0 Å². The predicted molar refractivity (Wildman–Crippen MR) is 75.5 cm³/mol. The van der Waals surface area contributed by atoms with E-state index in [1.807, 2.05) is 0 Å². The van der Waals surface area contributed by atoms with Crippen LogP contribution in [0, 0.1) is 0 Å². The summed E-state index contributed by atoms with van der Waals surface area (Å²) in [6.07, 6.45) is -1.10. The van der Waals surface area contributed by atoms with Gasteiger partial charge in [-0.3, -0.25) is 0 Å². The summed E-state index contributed by atoms with van der Waals surface area (Å²) in [5.74, 6) is 0. The van der Waals surface area contributed by atoms with E-state index in [0.29, 0.717) is 0 Å². The quantitative estimate of drug-likeness (QED) is 0.491. The molecule has 0 aliphatic carbocycles. The molecule has 0 radical (unpaired) electrons. The molecule has 2 aliphatic heterocycles. The zero-order chi connectivity index (χ0) is 10.1. The molecule has 0 N–H and O–H groups in total. The van der Waals surface area contributed by atoms with E-state index in [1.165, 1.54) is 41.0 Å². The summed E-state index contributed by atoms with van der Waals surface area (Å²) in [4.78, 5) is -1.01. The second-order valence-electron chi connectivity index (χ2n) is 5.22. The SMILES string of the molecule is C[Si]1(C)[Se][Si@]2(C)[Se][Si@@]1(C)[Se][Si]2(C)C. The molecule has 76 valence electrons. The number of rotatable bonds is 0. The predicted octanol–water partition coefficient (Wildman–Crippen LogP) is 0.837. The van der Waals surface area contributed by atoms with Gasteiger partial charge in [-0.1, -0.05) is 0 Å². The summed E-state index contributed by atoms with van der Waals surface area (Å²) in [5, 5.41) is 0. The van der Waals surface area contributed by atoms with Gasteiger partial charge in [-0.15, -0.1) is 0 Å². The van der Waals surface area contributed by atoms with Gasteiger partial charge in [0.15, 0.2) is 0 Å². The average molecular weight is 439 g/mol. The van der Waals surface area contributed by atoms with Gasteiger partial charge in [0.05, 0.1) is 0 Å². The summed E-state index contributed by atoms with van der Waals surface area (Å²) in [7, 11) is 0. The first kappa shape index (κ1) is 11.9. The van der Waals surface area contributed by atoms with Crippen LogP contribution in [0.3, 0.4) is 0 Å². The van der Waals surface area contributed by atoms with Crippen LogP contribution in [0.5, 0.6) is 0 Å². The standard InChI is InChI=1S/C6H18Se3Si4/c1-10(2)7-13(6)9-12(10,5)8-11(13,3)4/h1-6H3/t12-,13-/m1/s1. The van der Waals surface area contributed by atoms with E-state index in [0.717, 1.165) is 0 Å². The van der Waals surface area contributed by atoms with Crippen molar-refractivity contribution < 1.29 is 0 Å². The molecule has 2 saturated heterocycles. The third kappa shape index (κ3) is 1.51. The topological polar surface area (TPSA) is 0 Å². The molecular formula is C6H18Se3Si4. The van der Waals surface area contributed by atoms with Crippen molar-refractivity contribution in [3.63, 3.8) is 0 Å². The van der Waals surface area contributed by atoms with Gasteiger partial charge in [-0.2, -0.15) is 0 Å². The van der Waals surface area contributed by atoms with Crippen molar-refractivity contribution >= 4 is 63.0 Å². The van der Waals surface area contributed by atoms with E-state index in [-0.39, 0.29) is 0 Å². The fraction of sp³-hybridized carbons (Fsp3) is 1.00. The fourth-order valence-corrected chi connectivity index (χ4v) is 480. The molecule has 0 nitrogen and oxygen atoms in total. The Balaban J connectivity index is 2.44. The van der Waals surface area contributed by atoms with Crippen LogP contribution in [0.25, 0.3) is 0 Å². The molecular weight excluding hydrogens is 421 g/mol. The molecule has 2 aliphatic rings. The summed E-state index contributed by atoms with van der Waals surface area (Å²) in [6.45, 7) is 16.8. The number of hydrogen-bond acceptors (Lipinski definition) is 0. The molecule has 7 heteroatoms. The molecule has 0 aromatic heterocycles. The third-order valence-corrected chi connectivity index (χ3v) is 219. The molecule has 2 heterocycles. The van der Waals surface area contributed by atoms with Crippen molar-refractivity contribution in [2.45, 2.75) is 39.3 Å². The van der Waals surface area contributed by atoms with Crippen LogP contribution >= 0.6 is 0 Å². The second-order valence-corrected chi connectivity index (χ2v) is 98.4. The van der Waals surface area contributed by atoms with Gasteiger partial charge in [0.1, 0.15) is 0 Å². The monoisotopic (exact) mass is 442 g/mol. The van der Waals surface area contributed by atoms with E-state index >= 15 is 0 Å². The van der Waals surface area contributed by atoms with Crippen molar-refractivity contribution in [3.8, 4) is 0 Å². The molecule has 0 unspecified atom stereocenters. The van der Waals surface area contributed by atoms with Gasteiger partial charge in [0, 0.05) is 0 Å². The second kappa shape index (κ2) is 3.00. The Hall–Kier alpha value is 2.43. The molecule has 2 atom stereocenters. The maximum absolute atomic E-state index is 2.85. The first-order valence-corrected chi connectivity index (χ1v) is 32.6. The third-order valence-electron chi connectivity index (χ3n) is 3.48. The van der Waals surface area contributed by atoms with Crippen LogP contribution in [0.2, 0.25) is 39.3 Å². The summed E-state index contributed by atoms with van der Waals surface area (Å²) in [5.41, 5.74) is 0. The maximum atomic E-state index is 2.85. The summed E-state index contributed by atoms with van der Waals surface area (Å²) < 4.78 is 0. The number of hydrogen-bond donors (Lipinski definition) is 0. The van der Waals surface area contributed by atoms with Gasteiger partial charge in [-0.05, 0) is 0 Å². The van der Waals surface area contributed by atoms with Crippen molar-refractivity contribution in [2.24, 2.45) is 0 Å². The van der Waals surface area contributed by atoms with Crippen LogP contribution in [0.4, 0.5) is 0 Å². The molecule has 13 heavy (non-hydrogen) atoms. The van der Waals surface area contributed by atoms with Crippen LogP contribution < -0.4 is 0 Å². The van der Waals surface area contributed by atoms with E-state index in [2.05, 4.69) is 39.3 Å². The van der Waals surface area contributed by atoms with Crippen molar-refractivity contribution in [3.05, 3.63) is 0 Å². The molecule has 2 bridgehead atoms. The van der Waals surface area contributed by atoms with E-state index < -0.39 is 22.0 Å². The normalized spacial score (nSPS) is 51.2. The molecule has 2 fully saturated rings. The van der Waals surface area contributed by atoms with Gasteiger partial charge in [-0.25, -0.2) is 0 Å². The van der Waals surface area contributed by atoms with Crippen LogP contribution in [0.15, 0.2) is 0 Å². The fourth-order valence-electron chi connectivity index (χ4n) is 2.06. The molecule has 0 spiro atoms. The van der Waals surface area contributed by atoms with Crippen molar-refractivity contribution in [1.82, 2.24) is 0 Å². The molecule has 0 saturated carbocycles. The van der Waals surface area contributed by atoms with Crippen molar-refractivity contribution in [1.29, 1.82) is 0 Å². The zero-order valence-electron chi connectivity index (χ0n) is 9.22. The molecule has 0 aromatic rings. The first-order chi connectivity index (χ1) is 5.62. The van der Waals surface area contributed by atoms with Gasteiger partial charge >= 0.3 is 102 Å². The van der Waals surface area contributed by atoms with Crippen LogP contribution in [-0.4, -0.2) is 63.0 Å². The van der Waals surface area contributed by atoms with Crippen LogP contribution in [-0.2, 0) is 0 Å². The Kier molecular flexibility index (Phi) is 2.75. The molecule has 0 amide bonds. The summed E-state index contributed by atoms with van der Waals surface area (Å²) >= 11 is 3.82.